The molecule has 68 valence electrons. The van der Waals surface area contributed by atoms with Crippen molar-refractivity contribution >= 4 is 0 Å². The second-order valence-electron chi connectivity index (χ2n) is 2.93. The fourth-order valence-corrected chi connectivity index (χ4v) is 0.567. The Morgan fingerprint density at radius 1 is 1.50 bits per heavy atom. The van der Waals surface area contributed by atoms with Crippen molar-refractivity contribution in [2.45, 2.75) is 26.9 Å². The van der Waals surface area contributed by atoms with Crippen LogP contribution < -0.4 is 0 Å². The van der Waals surface area contributed by atoms with Gasteiger partial charge >= 0.3 is 0 Å². The molecule has 0 aromatic rings. The second kappa shape index (κ2) is 5.75. The molecule has 1 atom stereocenters. The van der Waals surface area contributed by atoms with E-state index in [-0.39, 0.29) is 6.10 Å². The van der Waals surface area contributed by atoms with Crippen molar-refractivity contribution in [3.8, 4) is 0 Å². The molecule has 0 spiro atoms. The third-order valence-corrected chi connectivity index (χ3v) is 1.42. The Labute approximate surface area is 73.8 Å². The highest BCUT2D eigenvalue weighted by Crippen LogP contribution is 2.04. The Morgan fingerprint density at radius 3 is 2.50 bits per heavy atom. The first-order valence-corrected chi connectivity index (χ1v) is 3.88. The normalized spacial score (nSPS) is 13.0. The highest BCUT2D eigenvalue weighted by Gasteiger charge is 2.00. The standard InChI is InChI=1S/C10H16O2/c1-8(2)6-5-7-9(3)10(4)12-11/h5-7,10-11H,3H2,1-2,4H3/b7-5+. The van der Waals surface area contributed by atoms with Gasteiger partial charge in [-0.3, -0.25) is 5.26 Å². The maximum atomic E-state index is 8.30. The summed E-state index contributed by atoms with van der Waals surface area (Å²) in [7, 11) is 0. The summed E-state index contributed by atoms with van der Waals surface area (Å²) in [6.07, 6.45) is 5.32. The molecule has 2 heteroatoms. The Balaban J connectivity index is 4.00. The molecule has 0 rings (SSSR count). The van der Waals surface area contributed by atoms with Crippen LogP contribution in [0.3, 0.4) is 0 Å². The van der Waals surface area contributed by atoms with Gasteiger partial charge in [0.15, 0.2) is 0 Å². The Kier molecular flexibility index (Phi) is 5.34. The van der Waals surface area contributed by atoms with Crippen LogP contribution in [0, 0.1) is 0 Å². The first-order valence-electron chi connectivity index (χ1n) is 3.88. The first kappa shape index (κ1) is 11.1. The molecule has 0 saturated heterocycles. The Bertz CT molecular complexity index is 198. The van der Waals surface area contributed by atoms with Gasteiger partial charge < -0.3 is 0 Å². The molecule has 0 fully saturated rings. The molecule has 0 aromatic carbocycles. The quantitative estimate of drug-likeness (QED) is 0.397. The number of allylic oxidation sites excluding steroid dienone is 3. The van der Waals surface area contributed by atoms with E-state index in [9.17, 15) is 0 Å². The van der Waals surface area contributed by atoms with E-state index in [0.717, 1.165) is 5.57 Å². The maximum Gasteiger partial charge on any atom is 0.114 e. The minimum atomic E-state index is -0.341. The van der Waals surface area contributed by atoms with Crippen LogP contribution in [0.5, 0.6) is 0 Å². The van der Waals surface area contributed by atoms with Crippen molar-refractivity contribution in [3.63, 3.8) is 0 Å². The summed E-state index contributed by atoms with van der Waals surface area (Å²) in [6.45, 7) is 9.48. The van der Waals surface area contributed by atoms with Crippen LogP contribution >= 0.6 is 0 Å². The summed E-state index contributed by atoms with van der Waals surface area (Å²) >= 11 is 0. The monoisotopic (exact) mass is 168 g/mol. The van der Waals surface area contributed by atoms with Crippen LogP contribution in [0.4, 0.5) is 0 Å². The third-order valence-electron chi connectivity index (χ3n) is 1.42. The second-order valence-corrected chi connectivity index (χ2v) is 2.93. The van der Waals surface area contributed by atoms with E-state index >= 15 is 0 Å². The summed E-state index contributed by atoms with van der Waals surface area (Å²) in [5.74, 6) is 0. The van der Waals surface area contributed by atoms with Crippen molar-refractivity contribution in [2.75, 3.05) is 0 Å². The zero-order valence-electron chi connectivity index (χ0n) is 7.87. The molecule has 0 bridgehead atoms. The predicted octanol–water partition coefficient (Wildman–Crippen LogP) is 2.94. The van der Waals surface area contributed by atoms with E-state index in [1.54, 1.807) is 6.92 Å². The average molecular weight is 168 g/mol. The lowest BCUT2D eigenvalue weighted by Crippen LogP contribution is -2.05. The molecule has 1 N–H and O–H groups in total. The molecule has 1 unspecified atom stereocenters. The molecule has 0 heterocycles. The van der Waals surface area contributed by atoms with Crippen molar-refractivity contribution in [1.82, 2.24) is 0 Å². The van der Waals surface area contributed by atoms with E-state index in [2.05, 4.69) is 11.5 Å². The molecule has 0 saturated carbocycles. The molecule has 0 aromatic heterocycles. The van der Waals surface area contributed by atoms with Gasteiger partial charge in [0.2, 0.25) is 0 Å². The first-order chi connectivity index (χ1) is 5.57. The topological polar surface area (TPSA) is 29.5 Å². The van der Waals surface area contributed by atoms with Crippen molar-refractivity contribution in [2.24, 2.45) is 0 Å². The summed E-state index contributed by atoms with van der Waals surface area (Å²) in [5, 5.41) is 8.30. The van der Waals surface area contributed by atoms with Gasteiger partial charge in [0.1, 0.15) is 6.10 Å². The number of hydrogen-bond acceptors (Lipinski definition) is 2. The van der Waals surface area contributed by atoms with Crippen LogP contribution in [-0.4, -0.2) is 11.4 Å². The van der Waals surface area contributed by atoms with Gasteiger partial charge in [-0.15, -0.1) is 0 Å². The van der Waals surface area contributed by atoms with Crippen molar-refractivity contribution in [3.05, 3.63) is 36.0 Å². The van der Waals surface area contributed by atoms with E-state index in [0.29, 0.717) is 0 Å². The highest BCUT2D eigenvalue weighted by molar-refractivity contribution is 5.23. The van der Waals surface area contributed by atoms with E-state index in [1.165, 1.54) is 5.57 Å². The highest BCUT2D eigenvalue weighted by atomic mass is 17.1. The molecular formula is C10H16O2. The Morgan fingerprint density at radius 2 is 2.08 bits per heavy atom. The largest absolute Gasteiger partial charge is 0.251 e. The smallest absolute Gasteiger partial charge is 0.114 e. The van der Waals surface area contributed by atoms with Crippen LogP contribution in [0.2, 0.25) is 0 Å². The predicted molar refractivity (Wildman–Crippen MR) is 50.9 cm³/mol. The fraction of sp³-hybridized carbons (Fsp3) is 0.400. The number of hydrogen-bond donors (Lipinski definition) is 1. The van der Waals surface area contributed by atoms with Gasteiger partial charge in [-0.25, -0.2) is 4.89 Å². The van der Waals surface area contributed by atoms with E-state index in [4.69, 9.17) is 5.26 Å². The zero-order chi connectivity index (χ0) is 9.56. The lowest BCUT2D eigenvalue weighted by molar-refractivity contribution is -0.263. The van der Waals surface area contributed by atoms with E-state index < -0.39 is 0 Å². The third kappa shape index (κ3) is 4.88. The zero-order valence-corrected chi connectivity index (χ0v) is 7.87. The minimum absolute atomic E-state index is 0.341. The van der Waals surface area contributed by atoms with Crippen molar-refractivity contribution in [1.29, 1.82) is 0 Å². The van der Waals surface area contributed by atoms with Gasteiger partial charge in [0, 0.05) is 0 Å². The van der Waals surface area contributed by atoms with Gasteiger partial charge in [-0.1, -0.05) is 30.4 Å². The van der Waals surface area contributed by atoms with Crippen molar-refractivity contribution < 1.29 is 10.1 Å². The summed E-state index contributed by atoms with van der Waals surface area (Å²) in [4.78, 5) is 4.10. The van der Waals surface area contributed by atoms with Gasteiger partial charge in [0.25, 0.3) is 0 Å². The van der Waals surface area contributed by atoms with E-state index in [1.807, 2.05) is 32.1 Å². The molecule has 12 heavy (non-hydrogen) atoms. The minimum Gasteiger partial charge on any atom is -0.251 e. The average Bonchev–Trinajstić information content (AvgIpc) is 2.02. The molecular weight excluding hydrogens is 152 g/mol. The summed E-state index contributed by atoms with van der Waals surface area (Å²) < 4.78 is 0. The molecule has 0 aliphatic rings. The van der Waals surface area contributed by atoms with Crippen LogP contribution in [-0.2, 0) is 4.89 Å². The molecule has 0 amide bonds. The van der Waals surface area contributed by atoms with Crippen LogP contribution in [0.1, 0.15) is 20.8 Å². The number of rotatable bonds is 4. The summed E-state index contributed by atoms with van der Waals surface area (Å²) in [6, 6.07) is 0. The molecule has 0 radical (unpaired) electrons. The molecule has 2 nitrogen and oxygen atoms in total. The van der Waals surface area contributed by atoms with Gasteiger partial charge in [-0.05, 0) is 26.3 Å². The van der Waals surface area contributed by atoms with Gasteiger partial charge in [-0.2, -0.15) is 0 Å². The lowest BCUT2D eigenvalue weighted by Gasteiger charge is -2.05. The molecule has 0 aliphatic carbocycles. The summed E-state index contributed by atoms with van der Waals surface area (Å²) in [5.41, 5.74) is 1.96. The Hall–Kier alpha value is -0.860. The van der Waals surface area contributed by atoms with Gasteiger partial charge in [0.05, 0.1) is 0 Å². The van der Waals surface area contributed by atoms with Crippen LogP contribution in [0.15, 0.2) is 36.0 Å². The lowest BCUT2D eigenvalue weighted by atomic mass is 10.2. The maximum absolute atomic E-state index is 8.30. The van der Waals surface area contributed by atoms with Crippen LogP contribution in [0.25, 0.3) is 0 Å². The fourth-order valence-electron chi connectivity index (χ4n) is 0.567. The SMILES string of the molecule is C=C(/C=C/C=C(C)C)C(C)OO. The molecule has 0 aliphatic heterocycles.